The maximum Gasteiger partial charge on any atom is 0.433 e. The second kappa shape index (κ2) is 5.86. The van der Waals surface area contributed by atoms with Crippen molar-refractivity contribution in [1.82, 2.24) is 10.2 Å². The zero-order chi connectivity index (χ0) is 19.3. The summed E-state index contributed by atoms with van der Waals surface area (Å²) in [5, 5.41) is 17.1. The Balaban J connectivity index is 1.96. The van der Waals surface area contributed by atoms with Gasteiger partial charge in [-0.2, -0.15) is 18.3 Å². The number of hydrogen-bond donors (Lipinski definition) is 3. The molecule has 1 fully saturated rings. The molecule has 138 valence electrons. The number of carbonyl (C=O) groups is 2. The summed E-state index contributed by atoms with van der Waals surface area (Å²) in [6.07, 6.45) is -4.69. The molecule has 1 aliphatic rings. The molecule has 0 radical (unpaired) electrons. The highest BCUT2D eigenvalue weighted by molar-refractivity contribution is 6.01. The van der Waals surface area contributed by atoms with E-state index in [1.807, 2.05) is 5.10 Å². The Bertz CT molecular complexity index is 859. The van der Waals surface area contributed by atoms with Gasteiger partial charge in [0.05, 0.1) is 17.4 Å². The third kappa shape index (κ3) is 2.93. The summed E-state index contributed by atoms with van der Waals surface area (Å²) in [5.41, 5.74) is -1.90. The minimum absolute atomic E-state index is 0.230. The fourth-order valence-corrected chi connectivity index (χ4v) is 3.31. The lowest BCUT2D eigenvalue weighted by atomic mass is 10.0. The highest BCUT2D eigenvalue weighted by Gasteiger charge is 2.66. The van der Waals surface area contributed by atoms with Crippen LogP contribution in [0.2, 0.25) is 0 Å². The van der Waals surface area contributed by atoms with Crippen molar-refractivity contribution in [3.63, 3.8) is 0 Å². The molecule has 6 nitrogen and oxygen atoms in total. The Morgan fingerprint density at radius 1 is 1.19 bits per heavy atom. The number of aromatic nitrogens is 2. The molecule has 1 amide bonds. The standard InChI is InChI=1S/C17H16F3N3O3/c1-16(2)10(11(16)15(25)26)14(24)21-13-9(8-6-4-3-5-7-8)12(22-23-13)17(18,19)20/h3-7,10-11H,1-2H3,(H,25,26)(H2,21,22,23,24). The minimum Gasteiger partial charge on any atom is -0.481 e. The molecule has 1 saturated carbocycles. The normalized spacial score (nSPS) is 21.3. The molecule has 3 rings (SSSR count). The predicted molar refractivity (Wildman–Crippen MR) is 86.1 cm³/mol. The number of aromatic amines is 1. The molecule has 3 N–H and O–H groups in total. The van der Waals surface area contributed by atoms with Crippen LogP contribution in [0, 0.1) is 17.3 Å². The number of carbonyl (C=O) groups excluding carboxylic acids is 1. The van der Waals surface area contributed by atoms with Gasteiger partial charge in [-0.3, -0.25) is 14.7 Å². The Kier molecular flexibility index (Phi) is 4.05. The topological polar surface area (TPSA) is 95.1 Å². The second-order valence-corrected chi connectivity index (χ2v) is 6.79. The van der Waals surface area contributed by atoms with Crippen molar-refractivity contribution in [3.8, 4) is 11.1 Å². The highest BCUT2D eigenvalue weighted by atomic mass is 19.4. The van der Waals surface area contributed by atoms with Crippen LogP contribution in [0.4, 0.5) is 19.0 Å². The Morgan fingerprint density at radius 3 is 2.31 bits per heavy atom. The van der Waals surface area contributed by atoms with Crippen molar-refractivity contribution < 1.29 is 27.9 Å². The molecule has 2 unspecified atom stereocenters. The molecule has 2 aromatic rings. The number of halogens is 3. The fraction of sp³-hybridized carbons (Fsp3) is 0.353. The molecule has 1 aromatic carbocycles. The van der Waals surface area contributed by atoms with Gasteiger partial charge in [0.25, 0.3) is 0 Å². The number of carboxylic acid groups (broad SMARTS) is 1. The van der Waals surface area contributed by atoms with E-state index in [2.05, 4.69) is 10.4 Å². The Morgan fingerprint density at radius 2 is 1.81 bits per heavy atom. The van der Waals surface area contributed by atoms with Crippen molar-refractivity contribution in [2.45, 2.75) is 20.0 Å². The zero-order valence-electron chi connectivity index (χ0n) is 13.9. The number of aliphatic carboxylic acids is 1. The van der Waals surface area contributed by atoms with Crippen LogP contribution in [0.1, 0.15) is 19.5 Å². The van der Waals surface area contributed by atoms with Gasteiger partial charge in [-0.15, -0.1) is 0 Å². The van der Waals surface area contributed by atoms with E-state index >= 15 is 0 Å². The summed E-state index contributed by atoms with van der Waals surface area (Å²) in [6, 6.07) is 7.73. The number of rotatable bonds is 4. The van der Waals surface area contributed by atoms with Gasteiger partial charge < -0.3 is 10.4 Å². The molecule has 0 aliphatic heterocycles. The number of H-pyrrole nitrogens is 1. The first-order valence-electron chi connectivity index (χ1n) is 7.79. The van der Waals surface area contributed by atoms with Crippen LogP contribution in [0.5, 0.6) is 0 Å². The van der Waals surface area contributed by atoms with Crippen LogP contribution in [0.15, 0.2) is 30.3 Å². The maximum absolute atomic E-state index is 13.3. The van der Waals surface area contributed by atoms with Gasteiger partial charge in [0.1, 0.15) is 5.69 Å². The van der Waals surface area contributed by atoms with Gasteiger partial charge >= 0.3 is 12.1 Å². The van der Waals surface area contributed by atoms with Crippen LogP contribution in [-0.2, 0) is 15.8 Å². The number of nitrogens with zero attached hydrogens (tertiary/aromatic N) is 1. The molecular formula is C17H16F3N3O3. The molecule has 0 saturated heterocycles. The third-order valence-electron chi connectivity index (χ3n) is 4.73. The maximum atomic E-state index is 13.3. The monoisotopic (exact) mass is 367 g/mol. The first-order valence-corrected chi connectivity index (χ1v) is 7.79. The Hall–Kier alpha value is -2.84. The number of hydrogen-bond acceptors (Lipinski definition) is 3. The predicted octanol–water partition coefficient (Wildman–Crippen LogP) is 3.39. The zero-order valence-corrected chi connectivity index (χ0v) is 13.9. The quantitative estimate of drug-likeness (QED) is 0.772. The van der Waals surface area contributed by atoms with E-state index in [4.69, 9.17) is 5.11 Å². The molecule has 1 aliphatic carbocycles. The molecule has 9 heteroatoms. The average molecular weight is 367 g/mol. The molecule has 2 atom stereocenters. The average Bonchev–Trinajstić information content (AvgIpc) is 2.90. The van der Waals surface area contributed by atoms with E-state index in [9.17, 15) is 22.8 Å². The lowest BCUT2D eigenvalue weighted by Crippen LogP contribution is -2.18. The second-order valence-electron chi connectivity index (χ2n) is 6.79. The van der Waals surface area contributed by atoms with Crippen LogP contribution < -0.4 is 5.32 Å². The van der Waals surface area contributed by atoms with E-state index in [1.54, 1.807) is 32.0 Å². The molecular weight excluding hydrogens is 351 g/mol. The van der Waals surface area contributed by atoms with Gasteiger partial charge in [0.15, 0.2) is 5.82 Å². The van der Waals surface area contributed by atoms with E-state index < -0.39 is 41.0 Å². The van der Waals surface area contributed by atoms with Crippen LogP contribution in [0.25, 0.3) is 11.1 Å². The summed E-state index contributed by atoms with van der Waals surface area (Å²) in [4.78, 5) is 23.7. The van der Waals surface area contributed by atoms with E-state index in [1.165, 1.54) is 12.1 Å². The van der Waals surface area contributed by atoms with Crippen molar-refractivity contribution in [3.05, 3.63) is 36.0 Å². The lowest BCUT2D eigenvalue weighted by Gasteiger charge is -2.10. The third-order valence-corrected chi connectivity index (χ3v) is 4.73. The molecule has 1 aromatic heterocycles. The van der Waals surface area contributed by atoms with Crippen molar-refractivity contribution >= 4 is 17.7 Å². The smallest absolute Gasteiger partial charge is 0.433 e. The van der Waals surface area contributed by atoms with E-state index in [0.29, 0.717) is 0 Å². The summed E-state index contributed by atoms with van der Waals surface area (Å²) in [6.45, 7) is 3.25. The molecule has 0 spiro atoms. The highest BCUT2D eigenvalue weighted by Crippen LogP contribution is 2.58. The fourth-order valence-electron chi connectivity index (χ4n) is 3.31. The molecule has 1 heterocycles. The van der Waals surface area contributed by atoms with Gasteiger partial charge in [-0.05, 0) is 11.0 Å². The van der Waals surface area contributed by atoms with Gasteiger partial charge in [-0.25, -0.2) is 0 Å². The van der Waals surface area contributed by atoms with Crippen LogP contribution >= 0.6 is 0 Å². The van der Waals surface area contributed by atoms with Gasteiger partial charge in [-0.1, -0.05) is 44.2 Å². The van der Waals surface area contributed by atoms with Crippen molar-refractivity contribution in [2.24, 2.45) is 17.3 Å². The van der Waals surface area contributed by atoms with Crippen molar-refractivity contribution in [1.29, 1.82) is 0 Å². The largest absolute Gasteiger partial charge is 0.481 e. The number of alkyl halides is 3. The summed E-state index contributed by atoms with van der Waals surface area (Å²) < 4.78 is 39.9. The first kappa shape index (κ1) is 18.0. The molecule has 0 bridgehead atoms. The van der Waals surface area contributed by atoms with Gasteiger partial charge in [0.2, 0.25) is 5.91 Å². The van der Waals surface area contributed by atoms with Crippen LogP contribution in [-0.4, -0.2) is 27.2 Å². The number of benzene rings is 1. The number of anilines is 1. The lowest BCUT2D eigenvalue weighted by molar-refractivity contribution is -0.141. The van der Waals surface area contributed by atoms with Crippen LogP contribution in [0.3, 0.4) is 0 Å². The Labute approximate surface area is 146 Å². The number of amides is 1. The SMILES string of the molecule is CC1(C)C(C(=O)O)C1C(=O)Nc1n[nH]c(C(F)(F)F)c1-c1ccccc1. The summed E-state index contributed by atoms with van der Waals surface area (Å²) in [5.74, 6) is -3.78. The number of nitrogens with one attached hydrogen (secondary N) is 2. The molecule has 26 heavy (non-hydrogen) atoms. The minimum atomic E-state index is -4.69. The van der Waals surface area contributed by atoms with Crippen molar-refractivity contribution in [2.75, 3.05) is 5.32 Å². The van der Waals surface area contributed by atoms with E-state index in [0.717, 1.165) is 0 Å². The summed E-state index contributed by atoms with van der Waals surface area (Å²) >= 11 is 0. The van der Waals surface area contributed by atoms with E-state index in [-0.39, 0.29) is 16.9 Å². The first-order chi connectivity index (χ1) is 12.0. The number of carboxylic acids is 1. The van der Waals surface area contributed by atoms with Gasteiger partial charge in [0, 0.05) is 0 Å². The summed E-state index contributed by atoms with van der Waals surface area (Å²) in [7, 11) is 0.